The molecule has 3 aromatic rings. The molecular weight excluding hydrogens is 533 g/mol. The lowest BCUT2D eigenvalue weighted by molar-refractivity contribution is 0.701. The monoisotopic (exact) mass is 567 g/mol. The van der Waals surface area contributed by atoms with Crippen molar-refractivity contribution in [3.05, 3.63) is 64.4 Å². The van der Waals surface area contributed by atoms with E-state index >= 15 is 0 Å². The normalized spacial score (nSPS) is 11.2. The number of aryl methyl sites for hydroxylation is 1. The molecule has 2 N–H and O–H groups in total. The minimum atomic E-state index is 0. The van der Waals surface area contributed by atoms with Crippen molar-refractivity contribution in [3.63, 3.8) is 0 Å². The Hall–Kier alpha value is -2.14. The highest BCUT2D eigenvalue weighted by atomic mass is 127. The van der Waals surface area contributed by atoms with Crippen molar-refractivity contribution in [2.45, 2.75) is 33.2 Å². The molecule has 0 unspecified atom stereocenters. The van der Waals surface area contributed by atoms with E-state index in [1.807, 2.05) is 18.5 Å². The molecule has 0 radical (unpaired) electrons. The zero-order valence-corrected chi connectivity index (χ0v) is 22.3. The number of nitrogens with one attached hydrogen (secondary N) is 2. The molecule has 2 heterocycles. The number of anilines is 1. The van der Waals surface area contributed by atoms with Gasteiger partial charge in [0, 0.05) is 43.8 Å². The lowest BCUT2D eigenvalue weighted by Gasteiger charge is -2.23. The highest BCUT2D eigenvalue weighted by molar-refractivity contribution is 14.0. The Balaban J connectivity index is 0.00000363. The molecule has 3 rings (SSSR count). The second-order valence-electron chi connectivity index (χ2n) is 7.34. The van der Waals surface area contributed by atoms with Crippen LogP contribution in [-0.4, -0.2) is 46.9 Å². The van der Waals surface area contributed by atoms with Gasteiger partial charge in [-0.15, -0.1) is 45.5 Å². The number of aromatic nitrogens is 3. The number of nitrogens with zero attached hydrogens (tertiary/aromatic N) is 5. The Morgan fingerprint density at radius 1 is 1.09 bits per heavy atom. The van der Waals surface area contributed by atoms with Crippen LogP contribution in [0.1, 0.15) is 29.9 Å². The van der Waals surface area contributed by atoms with Gasteiger partial charge in [-0.1, -0.05) is 24.3 Å². The lowest BCUT2D eigenvalue weighted by Crippen LogP contribution is -2.40. The summed E-state index contributed by atoms with van der Waals surface area (Å²) in [5.74, 6) is 2.57. The maximum atomic E-state index is 4.74. The summed E-state index contributed by atoms with van der Waals surface area (Å²) in [7, 11) is 1.97. The van der Waals surface area contributed by atoms with Gasteiger partial charge in [0.05, 0.1) is 0 Å². The van der Waals surface area contributed by atoms with Crippen LogP contribution in [-0.2, 0) is 20.0 Å². The molecule has 0 aliphatic heterocycles. The lowest BCUT2D eigenvalue weighted by atomic mass is 10.2. The van der Waals surface area contributed by atoms with E-state index in [9.17, 15) is 0 Å². The summed E-state index contributed by atoms with van der Waals surface area (Å²) < 4.78 is 1.98. The first kappa shape index (κ1) is 26.1. The SMILES string of the molecule is CCN(CCCNC(=NCc1nnc(C)n1C)NCCc1cccs1)c1ccccc1.I. The number of hydrogen-bond acceptors (Lipinski definition) is 5. The van der Waals surface area contributed by atoms with E-state index in [1.54, 1.807) is 11.3 Å². The number of benzene rings is 1. The van der Waals surface area contributed by atoms with Gasteiger partial charge in [-0.3, -0.25) is 0 Å². The summed E-state index contributed by atoms with van der Waals surface area (Å²) in [6.07, 6.45) is 2.01. The predicted octanol–water partition coefficient (Wildman–Crippen LogP) is 4.00. The van der Waals surface area contributed by atoms with E-state index < -0.39 is 0 Å². The molecule has 174 valence electrons. The fourth-order valence-corrected chi connectivity index (χ4v) is 3.97. The van der Waals surface area contributed by atoms with E-state index in [0.29, 0.717) is 6.54 Å². The Morgan fingerprint density at radius 2 is 1.88 bits per heavy atom. The van der Waals surface area contributed by atoms with E-state index in [1.165, 1.54) is 10.6 Å². The molecule has 0 saturated carbocycles. The van der Waals surface area contributed by atoms with Crippen molar-refractivity contribution < 1.29 is 0 Å². The third kappa shape index (κ3) is 8.09. The predicted molar refractivity (Wildman–Crippen MR) is 145 cm³/mol. The smallest absolute Gasteiger partial charge is 0.191 e. The Morgan fingerprint density at radius 3 is 2.53 bits per heavy atom. The highest BCUT2D eigenvalue weighted by Crippen LogP contribution is 2.12. The van der Waals surface area contributed by atoms with E-state index in [0.717, 1.165) is 56.6 Å². The number of aliphatic imine (C=N–C) groups is 1. The van der Waals surface area contributed by atoms with Crippen LogP contribution < -0.4 is 15.5 Å². The zero-order valence-electron chi connectivity index (χ0n) is 19.1. The quantitative estimate of drug-likeness (QED) is 0.159. The summed E-state index contributed by atoms with van der Waals surface area (Å²) in [6, 6.07) is 14.8. The molecule has 32 heavy (non-hydrogen) atoms. The Bertz CT molecular complexity index is 925. The molecule has 1 aromatic carbocycles. The second-order valence-corrected chi connectivity index (χ2v) is 8.37. The second kappa shape index (κ2) is 14.1. The van der Waals surface area contributed by atoms with Crippen molar-refractivity contribution >= 4 is 47.0 Å². The standard InChI is InChI=1S/C23H33N7S.HI/c1-4-30(20-10-6-5-7-11-20)16-9-14-24-23(25-15-13-21-12-8-17-31-21)26-18-22-28-27-19(2)29(22)3;/h5-8,10-12,17H,4,9,13-16,18H2,1-3H3,(H2,24,25,26);1H. The molecule has 9 heteroatoms. The van der Waals surface area contributed by atoms with Gasteiger partial charge in [0.15, 0.2) is 11.8 Å². The molecule has 0 spiro atoms. The topological polar surface area (TPSA) is 70.4 Å². The molecule has 0 aliphatic rings. The van der Waals surface area contributed by atoms with Crippen LogP contribution in [0.4, 0.5) is 5.69 Å². The van der Waals surface area contributed by atoms with Crippen molar-refractivity contribution in [3.8, 4) is 0 Å². The fraction of sp³-hybridized carbons (Fsp3) is 0.435. The third-order valence-corrected chi connectivity index (χ3v) is 6.14. The van der Waals surface area contributed by atoms with Gasteiger partial charge in [0.25, 0.3) is 0 Å². The number of hydrogen-bond donors (Lipinski definition) is 2. The summed E-state index contributed by atoms with van der Waals surface area (Å²) in [6.45, 7) is 8.33. The molecule has 2 aromatic heterocycles. The number of guanidine groups is 1. The number of para-hydroxylation sites is 1. The average molecular weight is 568 g/mol. The number of thiophene rings is 1. The molecule has 0 saturated heterocycles. The molecule has 0 aliphatic carbocycles. The molecule has 0 atom stereocenters. The van der Waals surface area contributed by atoms with Crippen molar-refractivity contribution in [2.24, 2.45) is 12.0 Å². The number of rotatable bonds is 11. The average Bonchev–Trinajstić information content (AvgIpc) is 3.42. The fourth-order valence-electron chi connectivity index (χ4n) is 3.26. The third-order valence-electron chi connectivity index (χ3n) is 5.21. The van der Waals surface area contributed by atoms with Crippen LogP contribution in [0.25, 0.3) is 0 Å². The Kier molecular flexibility index (Phi) is 11.5. The molecule has 0 bridgehead atoms. The Labute approximate surface area is 212 Å². The largest absolute Gasteiger partial charge is 0.372 e. The minimum absolute atomic E-state index is 0. The maximum Gasteiger partial charge on any atom is 0.191 e. The molecular formula is C23H34IN7S. The molecule has 0 amide bonds. The minimum Gasteiger partial charge on any atom is -0.372 e. The summed E-state index contributed by atoms with van der Waals surface area (Å²) in [5.41, 5.74) is 1.27. The van der Waals surface area contributed by atoms with Gasteiger partial charge in [0.2, 0.25) is 0 Å². The first-order valence-electron chi connectivity index (χ1n) is 10.9. The summed E-state index contributed by atoms with van der Waals surface area (Å²) in [5, 5.41) is 17.4. The van der Waals surface area contributed by atoms with E-state index in [4.69, 9.17) is 4.99 Å². The van der Waals surface area contributed by atoms with Crippen LogP contribution in [0.3, 0.4) is 0 Å². The van der Waals surface area contributed by atoms with E-state index in [-0.39, 0.29) is 24.0 Å². The van der Waals surface area contributed by atoms with Gasteiger partial charge in [-0.2, -0.15) is 0 Å². The zero-order chi connectivity index (χ0) is 21.9. The van der Waals surface area contributed by atoms with Crippen LogP contribution >= 0.6 is 35.3 Å². The van der Waals surface area contributed by atoms with Crippen molar-refractivity contribution in [1.29, 1.82) is 0 Å². The van der Waals surface area contributed by atoms with Crippen LogP contribution in [0, 0.1) is 6.92 Å². The van der Waals surface area contributed by atoms with Gasteiger partial charge in [0.1, 0.15) is 12.4 Å². The van der Waals surface area contributed by atoms with Gasteiger partial charge in [-0.25, -0.2) is 4.99 Å². The van der Waals surface area contributed by atoms with Gasteiger partial charge in [-0.05, 0) is 50.3 Å². The van der Waals surface area contributed by atoms with Crippen LogP contribution in [0.2, 0.25) is 0 Å². The highest BCUT2D eigenvalue weighted by Gasteiger charge is 2.07. The van der Waals surface area contributed by atoms with Crippen molar-refractivity contribution in [1.82, 2.24) is 25.4 Å². The van der Waals surface area contributed by atoms with Gasteiger partial charge >= 0.3 is 0 Å². The first-order valence-corrected chi connectivity index (χ1v) is 11.7. The summed E-state index contributed by atoms with van der Waals surface area (Å²) >= 11 is 1.79. The van der Waals surface area contributed by atoms with Crippen molar-refractivity contribution in [2.75, 3.05) is 31.1 Å². The number of halogens is 1. The van der Waals surface area contributed by atoms with E-state index in [2.05, 4.69) is 80.5 Å². The first-order chi connectivity index (χ1) is 15.2. The molecule has 7 nitrogen and oxygen atoms in total. The summed E-state index contributed by atoms with van der Waals surface area (Å²) in [4.78, 5) is 8.51. The van der Waals surface area contributed by atoms with Crippen LogP contribution in [0.15, 0.2) is 52.8 Å². The van der Waals surface area contributed by atoms with Gasteiger partial charge < -0.3 is 20.1 Å². The maximum absolute atomic E-state index is 4.74. The molecule has 0 fully saturated rings. The van der Waals surface area contributed by atoms with Crippen LogP contribution in [0.5, 0.6) is 0 Å².